The molecule has 6 nitrogen and oxygen atoms in total. The van der Waals surface area contributed by atoms with E-state index in [0.717, 1.165) is 65.6 Å². The molecule has 0 bridgehead atoms. The summed E-state index contributed by atoms with van der Waals surface area (Å²) in [5.74, 6) is 0.661. The van der Waals surface area contributed by atoms with E-state index in [1.165, 1.54) is 11.1 Å². The summed E-state index contributed by atoms with van der Waals surface area (Å²) in [5, 5.41) is 2.15. The summed E-state index contributed by atoms with van der Waals surface area (Å²) in [6.07, 6.45) is 3.68. The molecule has 2 aromatic heterocycles. The fraction of sp³-hybridized carbons (Fsp3) is 0.387. The van der Waals surface area contributed by atoms with Crippen LogP contribution in [0.3, 0.4) is 0 Å². The predicted molar refractivity (Wildman–Crippen MR) is 152 cm³/mol. The Labute approximate surface area is 228 Å². The average Bonchev–Trinajstić information content (AvgIpc) is 3.32. The van der Waals surface area contributed by atoms with E-state index in [2.05, 4.69) is 63.8 Å². The number of ether oxygens (including phenoxy) is 2. The second kappa shape index (κ2) is 11.7. The zero-order valence-electron chi connectivity index (χ0n) is 22.4. The van der Waals surface area contributed by atoms with Gasteiger partial charge in [0.1, 0.15) is 11.4 Å². The Bertz CT molecular complexity index is 1370. The van der Waals surface area contributed by atoms with Gasteiger partial charge < -0.3 is 9.47 Å². The lowest BCUT2D eigenvalue weighted by Crippen LogP contribution is -2.35. The van der Waals surface area contributed by atoms with Gasteiger partial charge in [-0.05, 0) is 49.4 Å². The van der Waals surface area contributed by atoms with Gasteiger partial charge in [0, 0.05) is 49.6 Å². The number of thiophene rings is 1. The first kappa shape index (κ1) is 26.5. The third-order valence-corrected chi connectivity index (χ3v) is 7.47. The van der Waals surface area contributed by atoms with Crippen LogP contribution in [-0.4, -0.2) is 52.7 Å². The molecule has 4 aromatic rings. The molecule has 3 heterocycles. The molecule has 2 aromatic carbocycles. The van der Waals surface area contributed by atoms with Crippen molar-refractivity contribution in [3.05, 3.63) is 82.6 Å². The molecule has 0 N–H and O–H groups in total. The molecule has 1 aliphatic heterocycles. The smallest absolute Gasteiger partial charge is 0.306 e. The van der Waals surface area contributed by atoms with Crippen LogP contribution < -0.4 is 0 Å². The number of aromatic nitrogens is 2. The molecule has 0 amide bonds. The lowest BCUT2D eigenvalue weighted by atomic mass is 10.0. The quantitative estimate of drug-likeness (QED) is 0.259. The summed E-state index contributed by atoms with van der Waals surface area (Å²) < 4.78 is 12.0. The van der Waals surface area contributed by atoms with Crippen LogP contribution in [0.1, 0.15) is 49.7 Å². The Kier molecular flexibility index (Phi) is 8.17. The number of fused-ring (bicyclic) bond motifs is 1. The van der Waals surface area contributed by atoms with E-state index in [-0.39, 0.29) is 5.97 Å². The standard InChI is InChI=1S/C31H35N3O3S/c1-31(2,3)37-29(35)13-10-22-8-11-25(12-9-22)26-21-38-27-19-32-28(33-30(26)27)18-23-4-6-24(7-5-23)20-34-14-16-36-17-15-34/h4-9,11-12,19,21H,10,13-18,20H2,1-3H3. The highest BCUT2D eigenvalue weighted by atomic mass is 32.1. The van der Waals surface area contributed by atoms with Crippen LogP contribution in [0, 0.1) is 0 Å². The average molecular weight is 530 g/mol. The lowest BCUT2D eigenvalue weighted by molar-refractivity contribution is -0.154. The van der Waals surface area contributed by atoms with Crippen LogP contribution in [0.15, 0.2) is 60.1 Å². The summed E-state index contributed by atoms with van der Waals surface area (Å²) in [6, 6.07) is 17.2. The Morgan fingerprint density at radius 3 is 2.39 bits per heavy atom. The number of esters is 1. The first-order valence-electron chi connectivity index (χ1n) is 13.2. The van der Waals surface area contributed by atoms with E-state index in [9.17, 15) is 4.79 Å². The summed E-state index contributed by atoms with van der Waals surface area (Å²) in [4.78, 5) is 24.1. The van der Waals surface area contributed by atoms with Gasteiger partial charge in [-0.15, -0.1) is 11.3 Å². The van der Waals surface area contributed by atoms with Crippen LogP contribution in [-0.2, 0) is 33.7 Å². The van der Waals surface area contributed by atoms with Crippen LogP contribution >= 0.6 is 11.3 Å². The van der Waals surface area contributed by atoms with E-state index in [1.807, 2.05) is 27.0 Å². The molecule has 0 saturated carbocycles. The first-order valence-corrected chi connectivity index (χ1v) is 14.1. The zero-order chi connectivity index (χ0) is 26.5. The van der Waals surface area contributed by atoms with Crippen LogP contribution in [0.4, 0.5) is 0 Å². The molecule has 1 saturated heterocycles. The highest BCUT2D eigenvalue weighted by Gasteiger charge is 2.16. The molecule has 0 unspecified atom stereocenters. The van der Waals surface area contributed by atoms with Gasteiger partial charge in [0.2, 0.25) is 0 Å². The van der Waals surface area contributed by atoms with E-state index in [1.54, 1.807) is 11.3 Å². The number of carbonyl (C=O) groups is 1. The minimum atomic E-state index is -0.450. The monoisotopic (exact) mass is 529 g/mol. The molecular weight excluding hydrogens is 494 g/mol. The maximum Gasteiger partial charge on any atom is 0.306 e. The molecule has 0 radical (unpaired) electrons. The van der Waals surface area contributed by atoms with Gasteiger partial charge >= 0.3 is 5.97 Å². The number of carbonyl (C=O) groups excluding carboxylic acids is 1. The van der Waals surface area contributed by atoms with Gasteiger partial charge in [0.05, 0.1) is 23.4 Å². The zero-order valence-corrected chi connectivity index (χ0v) is 23.2. The molecule has 5 rings (SSSR count). The van der Waals surface area contributed by atoms with Crippen molar-refractivity contribution in [1.29, 1.82) is 0 Å². The molecule has 1 aliphatic rings. The normalized spacial score (nSPS) is 14.6. The molecule has 0 spiro atoms. The Morgan fingerprint density at radius 1 is 1.00 bits per heavy atom. The van der Waals surface area contributed by atoms with E-state index >= 15 is 0 Å². The topological polar surface area (TPSA) is 64.5 Å². The maximum atomic E-state index is 12.1. The van der Waals surface area contributed by atoms with Gasteiger partial charge in [-0.25, -0.2) is 9.97 Å². The summed E-state index contributed by atoms with van der Waals surface area (Å²) in [7, 11) is 0. The van der Waals surface area contributed by atoms with Crippen molar-refractivity contribution in [2.75, 3.05) is 26.3 Å². The molecule has 198 valence electrons. The van der Waals surface area contributed by atoms with Crippen LogP contribution in [0.5, 0.6) is 0 Å². The molecule has 1 fully saturated rings. The van der Waals surface area contributed by atoms with E-state index in [0.29, 0.717) is 19.3 Å². The molecule has 0 atom stereocenters. The van der Waals surface area contributed by atoms with Crippen molar-refractivity contribution in [1.82, 2.24) is 14.9 Å². The van der Waals surface area contributed by atoms with E-state index in [4.69, 9.17) is 14.5 Å². The first-order chi connectivity index (χ1) is 18.3. The molecule has 0 aliphatic carbocycles. The van der Waals surface area contributed by atoms with Gasteiger partial charge in [0.15, 0.2) is 0 Å². The number of benzene rings is 2. The predicted octanol–water partition coefficient (Wildman–Crippen LogP) is 6.06. The summed E-state index contributed by atoms with van der Waals surface area (Å²) in [6.45, 7) is 10.3. The van der Waals surface area contributed by atoms with Crippen molar-refractivity contribution in [3.8, 4) is 11.1 Å². The lowest BCUT2D eigenvalue weighted by Gasteiger charge is -2.26. The third-order valence-electron chi connectivity index (χ3n) is 6.56. The number of rotatable bonds is 8. The van der Waals surface area contributed by atoms with Crippen LogP contribution in [0.25, 0.3) is 21.3 Å². The Morgan fingerprint density at radius 2 is 1.68 bits per heavy atom. The second-order valence-electron chi connectivity index (χ2n) is 10.8. The number of hydrogen-bond donors (Lipinski definition) is 0. The number of morpholine rings is 1. The van der Waals surface area contributed by atoms with Gasteiger partial charge in [-0.1, -0.05) is 48.5 Å². The minimum absolute atomic E-state index is 0.165. The largest absolute Gasteiger partial charge is 0.460 e. The van der Waals surface area contributed by atoms with Crippen LogP contribution in [0.2, 0.25) is 0 Å². The summed E-state index contributed by atoms with van der Waals surface area (Å²) >= 11 is 1.67. The summed E-state index contributed by atoms with van der Waals surface area (Å²) in [5.41, 5.74) is 6.43. The highest BCUT2D eigenvalue weighted by molar-refractivity contribution is 7.17. The van der Waals surface area contributed by atoms with Crippen molar-refractivity contribution in [3.63, 3.8) is 0 Å². The number of nitrogens with zero attached hydrogens (tertiary/aromatic N) is 3. The van der Waals surface area contributed by atoms with Crippen molar-refractivity contribution in [2.45, 2.75) is 52.2 Å². The Hall–Kier alpha value is -3.13. The number of hydrogen-bond acceptors (Lipinski definition) is 7. The van der Waals surface area contributed by atoms with Gasteiger partial charge in [0.25, 0.3) is 0 Å². The van der Waals surface area contributed by atoms with Crippen molar-refractivity contribution >= 4 is 27.5 Å². The fourth-order valence-corrected chi connectivity index (χ4v) is 5.48. The van der Waals surface area contributed by atoms with E-state index < -0.39 is 5.60 Å². The van der Waals surface area contributed by atoms with Crippen molar-refractivity contribution < 1.29 is 14.3 Å². The Balaban J connectivity index is 1.24. The van der Waals surface area contributed by atoms with Gasteiger partial charge in [-0.3, -0.25) is 9.69 Å². The molecule has 7 heteroatoms. The minimum Gasteiger partial charge on any atom is -0.460 e. The van der Waals surface area contributed by atoms with Gasteiger partial charge in [-0.2, -0.15) is 0 Å². The highest BCUT2D eigenvalue weighted by Crippen LogP contribution is 2.33. The number of aryl methyl sites for hydroxylation is 1. The molecule has 38 heavy (non-hydrogen) atoms. The second-order valence-corrected chi connectivity index (χ2v) is 11.7. The third kappa shape index (κ3) is 7.04. The van der Waals surface area contributed by atoms with Crippen molar-refractivity contribution in [2.24, 2.45) is 0 Å². The fourth-order valence-electron chi connectivity index (χ4n) is 4.61. The SMILES string of the molecule is CC(C)(C)OC(=O)CCc1ccc(-c2csc3cnc(Cc4ccc(CN5CCOCC5)cc4)nc23)cc1. The maximum absolute atomic E-state index is 12.1. The molecular formula is C31H35N3O3S.